The highest BCUT2D eigenvalue weighted by Gasteiger charge is 2.31. The quantitative estimate of drug-likeness (QED) is 0.743. The highest BCUT2D eigenvalue weighted by molar-refractivity contribution is 5.95. The van der Waals surface area contributed by atoms with Gasteiger partial charge in [-0.25, -0.2) is 0 Å². The van der Waals surface area contributed by atoms with Crippen molar-refractivity contribution in [3.63, 3.8) is 0 Å². The van der Waals surface area contributed by atoms with Gasteiger partial charge in [0.05, 0.1) is 7.11 Å². The maximum atomic E-state index is 12.6. The normalized spacial score (nSPS) is 19.9. The number of aryl methyl sites for hydroxylation is 2. The lowest BCUT2D eigenvalue weighted by atomic mass is 10.1. The molecule has 0 unspecified atom stereocenters. The van der Waals surface area contributed by atoms with Gasteiger partial charge in [0.1, 0.15) is 11.6 Å². The number of methoxy groups -OCH3 is 1. The minimum absolute atomic E-state index is 0.174. The van der Waals surface area contributed by atoms with E-state index in [1.54, 1.807) is 23.8 Å². The molecular formula is C18H27N3O4. The third-order valence-electron chi connectivity index (χ3n) is 4.50. The summed E-state index contributed by atoms with van der Waals surface area (Å²) in [6.07, 6.45) is 3.06. The van der Waals surface area contributed by atoms with Crippen LogP contribution < -0.4 is 16.2 Å². The molecule has 0 saturated carbocycles. The molecule has 25 heavy (non-hydrogen) atoms. The molecule has 0 spiro atoms. The number of carbonyl (C=O) groups is 2. The standard InChI is InChI=1S/C18H27N3O4/c1-11(2)5-7-21-8-6-12(3)15(17(21)23)16(22)20-13-9-14(19-10-13)18(24)25-4/h6,8,11,13-14,19H,5,7,9-10H2,1-4H3,(H,20,22)/t13-,14-/m0/s1. The van der Waals surface area contributed by atoms with Crippen molar-refractivity contribution in [2.45, 2.75) is 52.2 Å². The number of hydrogen-bond acceptors (Lipinski definition) is 5. The highest BCUT2D eigenvalue weighted by atomic mass is 16.5. The van der Waals surface area contributed by atoms with Crippen molar-refractivity contribution in [1.82, 2.24) is 15.2 Å². The molecule has 138 valence electrons. The van der Waals surface area contributed by atoms with E-state index in [9.17, 15) is 14.4 Å². The lowest BCUT2D eigenvalue weighted by molar-refractivity contribution is -0.142. The lowest BCUT2D eigenvalue weighted by Crippen LogP contribution is -2.40. The van der Waals surface area contributed by atoms with Gasteiger partial charge in [0.25, 0.3) is 11.5 Å². The van der Waals surface area contributed by atoms with E-state index in [0.29, 0.717) is 31.0 Å². The van der Waals surface area contributed by atoms with Crippen molar-refractivity contribution >= 4 is 11.9 Å². The minimum atomic E-state index is -0.421. The Balaban J connectivity index is 2.10. The fraction of sp³-hybridized carbons (Fsp3) is 0.611. The number of carbonyl (C=O) groups excluding carboxylic acids is 2. The molecule has 1 fully saturated rings. The van der Waals surface area contributed by atoms with E-state index < -0.39 is 11.9 Å². The zero-order valence-electron chi connectivity index (χ0n) is 15.3. The molecule has 1 aliphatic rings. The molecule has 2 heterocycles. The molecule has 2 atom stereocenters. The van der Waals surface area contributed by atoms with Crippen LogP contribution in [0.4, 0.5) is 0 Å². The average Bonchev–Trinajstić information content (AvgIpc) is 3.01. The first-order valence-electron chi connectivity index (χ1n) is 8.65. The first kappa shape index (κ1) is 19.2. The Kier molecular flexibility index (Phi) is 6.36. The topological polar surface area (TPSA) is 89.4 Å². The summed E-state index contributed by atoms with van der Waals surface area (Å²) in [5, 5.41) is 5.87. The third-order valence-corrected chi connectivity index (χ3v) is 4.50. The molecule has 1 aromatic heterocycles. The van der Waals surface area contributed by atoms with Crippen LogP contribution in [0.25, 0.3) is 0 Å². The van der Waals surface area contributed by atoms with Crippen molar-refractivity contribution in [3.8, 4) is 0 Å². The van der Waals surface area contributed by atoms with E-state index in [1.165, 1.54) is 7.11 Å². The average molecular weight is 349 g/mol. The van der Waals surface area contributed by atoms with Gasteiger partial charge in [-0.15, -0.1) is 0 Å². The number of rotatable bonds is 6. The fourth-order valence-corrected chi connectivity index (χ4v) is 2.94. The van der Waals surface area contributed by atoms with Crippen LogP contribution in [0, 0.1) is 12.8 Å². The van der Waals surface area contributed by atoms with Crippen LogP contribution in [-0.4, -0.2) is 42.2 Å². The number of ether oxygens (including phenoxy) is 1. The lowest BCUT2D eigenvalue weighted by Gasteiger charge is -2.15. The molecule has 2 rings (SSSR count). The number of hydrogen-bond donors (Lipinski definition) is 2. The molecule has 1 aliphatic heterocycles. The molecule has 0 aliphatic carbocycles. The summed E-state index contributed by atoms with van der Waals surface area (Å²) in [6, 6.07) is 1.16. The van der Waals surface area contributed by atoms with Gasteiger partial charge in [-0.2, -0.15) is 0 Å². The maximum Gasteiger partial charge on any atom is 0.322 e. The summed E-state index contributed by atoms with van der Waals surface area (Å²) in [5.74, 6) is -0.257. The summed E-state index contributed by atoms with van der Waals surface area (Å²) in [5.41, 5.74) is 0.556. The predicted octanol–water partition coefficient (Wildman–Crippen LogP) is 0.836. The Labute approximate surface area is 147 Å². The number of aromatic nitrogens is 1. The number of nitrogens with zero attached hydrogens (tertiary/aromatic N) is 1. The van der Waals surface area contributed by atoms with Crippen LogP contribution in [0.1, 0.15) is 42.6 Å². The second kappa shape index (κ2) is 8.29. The van der Waals surface area contributed by atoms with Gasteiger partial charge in [-0.05, 0) is 37.3 Å². The summed E-state index contributed by atoms with van der Waals surface area (Å²) in [7, 11) is 1.34. The molecule has 0 radical (unpaired) electrons. The van der Waals surface area contributed by atoms with Crippen LogP contribution in [0.5, 0.6) is 0 Å². The van der Waals surface area contributed by atoms with Crippen LogP contribution >= 0.6 is 0 Å². The monoisotopic (exact) mass is 349 g/mol. The second-order valence-electron chi connectivity index (χ2n) is 6.94. The van der Waals surface area contributed by atoms with Crippen molar-refractivity contribution < 1.29 is 14.3 Å². The van der Waals surface area contributed by atoms with Crippen LogP contribution in [-0.2, 0) is 16.1 Å². The van der Waals surface area contributed by atoms with Crippen LogP contribution in [0.3, 0.4) is 0 Å². The van der Waals surface area contributed by atoms with E-state index in [-0.39, 0.29) is 23.1 Å². The van der Waals surface area contributed by atoms with Gasteiger partial charge in [0.15, 0.2) is 0 Å². The first-order valence-corrected chi connectivity index (χ1v) is 8.65. The molecule has 7 nitrogen and oxygen atoms in total. The largest absolute Gasteiger partial charge is 0.468 e. The Morgan fingerprint density at radius 2 is 2.16 bits per heavy atom. The number of pyridine rings is 1. The predicted molar refractivity (Wildman–Crippen MR) is 94.6 cm³/mol. The molecule has 7 heteroatoms. The van der Waals surface area contributed by atoms with Gasteiger partial charge in [0.2, 0.25) is 0 Å². The first-order chi connectivity index (χ1) is 11.8. The van der Waals surface area contributed by atoms with E-state index in [4.69, 9.17) is 4.74 Å². The number of esters is 1. The molecule has 2 N–H and O–H groups in total. The third kappa shape index (κ3) is 4.69. The molecular weight excluding hydrogens is 322 g/mol. The zero-order chi connectivity index (χ0) is 18.6. The summed E-state index contributed by atoms with van der Waals surface area (Å²) in [6.45, 7) is 7.01. The van der Waals surface area contributed by atoms with E-state index in [2.05, 4.69) is 24.5 Å². The Bertz CT molecular complexity index is 696. The minimum Gasteiger partial charge on any atom is -0.468 e. The Morgan fingerprint density at radius 1 is 1.44 bits per heavy atom. The number of nitrogens with one attached hydrogen (secondary N) is 2. The zero-order valence-corrected chi connectivity index (χ0v) is 15.3. The van der Waals surface area contributed by atoms with E-state index >= 15 is 0 Å². The van der Waals surface area contributed by atoms with Crippen LogP contribution in [0.2, 0.25) is 0 Å². The van der Waals surface area contributed by atoms with Gasteiger partial charge < -0.3 is 19.9 Å². The molecule has 1 aromatic rings. The smallest absolute Gasteiger partial charge is 0.322 e. The number of amides is 1. The van der Waals surface area contributed by atoms with E-state index in [1.807, 2.05) is 0 Å². The van der Waals surface area contributed by atoms with Gasteiger partial charge in [-0.1, -0.05) is 13.8 Å². The fourth-order valence-electron chi connectivity index (χ4n) is 2.94. The van der Waals surface area contributed by atoms with Crippen molar-refractivity contribution in [2.75, 3.05) is 13.7 Å². The summed E-state index contributed by atoms with van der Waals surface area (Å²) >= 11 is 0. The van der Waals surface area contributed by atoms with Gasteiger partial charge >= 0.3 is 5.97 Å². The maximum absolute atomic E-state index is 12.6. The highest BCUT2D eigenvalue weighted by Crippen LogP contribution is 2.10. The molecule has 0 aromatic carbocycles. The molecule has 0 bridgehead atoms. The van der Waals surface area contributed by atoms with Crippen molar-refractivity contribution in [3.05, 3.63) is 33.7 Å². The van der Waals surface area contributed by atoms with Gasteiger partial charge in [0, 0.05) is 25.3 Å². The molecule has 1 amide bonds. The molecule has 1 saturated heterocycles. The van der Waals surface area contributed by atoms with Crippen molar-refractivity contribution in [2.24, 2.45) is 5.92 Å². The SMILES string of the molecule is COC(=O)[C@@H]1C[C@H](NC(=O)c2c(C)ccn(CCC(C)C)c2=O)CN1. The van der Waals surface area contributed by atoms with Crippen LogP contribution in [0.15, 0.2) is 17.1 Å². The summed E-state index contributed by atoms with van der Waals surface area (Å²) in [4.78, 5) is 36.8. The second-order valence-corrected chi connectivity index (χ2v) is 6.94. The Hall–Kier alpha value is -2.15. The van der Waals surface area contributed by atoms with Gasteiger partial charge in [-0.3, -0.25) is 14.4 Å². The summed E-state index contributed by atoms with van der Waals surface area (Å²) < 4.78 is 6.29. The Morgan fingerprint density at radius 3 is 2.80 bits per heavy atom. The van der Waals surface area contributed by atoms with Crippen molar-refractivity contribution in [1.29, 1.82) is 0 Å². The van der Waals surface area contributed by atoms with E-state index in [0.717, 1.165) is 6.42 Å².